The summed E-state index contributed by atoms with van der Waals surface area (Å²) in [5.41, 5.74) is -0.893. The average Bonchev–Trinajstić information content (AvgIpc) is 3.40. The SMILES string of the molecule is O=C(C[N+]12CCC(CC1)[C@@H](OC(=O)C(O)(c1ccccc1)c1ccsc1)C2)Nc1cnccn1.[Br-]. The largest absolute Gasteiger partial charge is 1.00 e. The van der Waals surface area contributed by atoms with Crippen molar-refractivity contribution in [2.24, 2.45) is 5.92 Å². The molecule has 3 fully saturated rings. The maximum absolute atomic E-state index is 13.5. The number of hydrogen-bond acceptors (Lipinski definition) is 7. The summed E-state index contributed by atoms with van der Waals surface area (Å²) in [6.45, 7) is 2.56. The molecule has 3 aromatic rings. The molecule has 0 radical (unpaired) electrons. The van der Waals surface area contributed by atoms with Crippen LogP contribution in [0.5, 0.6) is 0 Å². The van der Waals surface area contributed by atoms with Crippen molar-refractivity contribution in [2.75, 3.05) is 31.5 Å². The number of aliphatic hydroxyl groups is 1. The van der Waals surface area contributed by atoms with E-state index in [2.05, 4.69) is 15.3 Å². The Hall–Kier alpha value is -2.66. The first-order valence-electron chi connectivity index (χ1n) is 11.4. The summed E-state index contributed by atoms with van der Waals surface area (Å²) in [4.78, 5) is 34.3. The van der Waals surface area contributed by atoms with Gasteiger partial charge in [0.05, 0.1) is 19.3 Å². The molecule has 3 aliphatic rings. The van der Waals surface area contributed by atoms with E-state index in [1.165, 1.54) is 23.7 Å². The van der Waals surface area contributed by atoms with Gasteiger partial charge in [-0.3, -0.25) is 9.78 Å². The van der Waals surface area contributed by atoms with Crippen LogP contribution in [0, 0.1) is 5.92 Å². The highest BCUT2D eigenvalue weighted by molar-refractivity contribution is 7.08. The zero-order chi connectivity index (χ0) is 23.6. The first kappa shape index (κ1) is 25.4. The zero-order valence-electron chi connectivity index (χ0n) is 19.0. The van der Waals surface area contributed by atoms with Gasteiger partial charge in [0.25, 0.3) is 5.91 Å². The van der Waals surface area contributed by atoms with Gasteiger partial charge in [0, 0.05) is 36.7 Å². The number of carbonyl (C=O) groups excluding carboxylic acids is 2. The fraction of sp³-hybridized carbons (Fsp3) is 0.360. The van der Waals surface area contributed by atoms with Gasteiger partial charge in [-0.1, -0.05) is 30.3 Å². The van der Waals surface area contributed by atoms with Crippen LogP contribution in [-0.2, 0) is 19.9 Å². The molecule has 5 heterocycles. The standard InChI is InChI=1S/C25H26N4O4S.BrH/c30-23(28-22-14-26-9-10-27-22)16-29-11-6-18(7-12-29)21(15-29)33-24(31)25(32,20-8-13-34-17-20)19-4-2-1-3-5-19;/h1-5,8-10,13-14,17-18,21,32H,6-7,11-12,15-16H2;1H/t18?,21-,25?,29?;/m0./s1. The summed E-state index contributed by atoms with van der Waals surface area (Å²) in [5, 5.41) is 18.1. The van der Waals surface area contributed by atoms with E-state index >= 15 is 0 Å². The van der Waals surface area contributed by atoms with Crippen molar-refractivity contribution < 1.29 is 40.9 Å². The molecule has 2 bridgehead atoms. The Labute approximate surface area is 218 Å². The van der Waals surface area contributed by atoms with Crippen LogP contribution in [0.1, 0.15) is 24.0 Å². The van der Waals surface area contributed by atoms with Crippen LogP contribution in [-0.4, -0.2) is 63.7 Å². The third kappa shape index (κ3) is 5.16. The van der Waals surface area contributed by atoms with E-state index in [9.17, 15) is 14.7 Å². The molecule has 8 nitrogen and oxygen atoms in total. The molecule has 2 aromatic heterocycles. The van der Waals surface area contributed by atoms with Crippen LogP contribution in [0.3, 0.4) is 0 Å². The fourth-order valence-electron chi connectivity index (χ4n) is 5.20. The fourth-order valence-corrected chi connectivity index (χ4v) is 5.90. The number of nitrogens with zero attached hydrogens (tertiary/aromatic N) is 3. The van der Waals surface area contributed by atoms with E-state index in [1.807, 2.05) is 11.4 Å². The van der Waals surface area contributed by atoms with Gasteiger partial charge in [0.1, 0.15) is 6.54 Å². The minimum atomic E-state index is -1.87. The number of thiophene rings is 1. The lowest BCUT2D eigenvalue weighted by atomic mass is 9.82. The summed E-state index contributed by atoms with van der Waals surface area (Å²) >= 11 is 1.42. The highest BCUT2D eigenvalue weighted by atomic mass is 79.9. The smallest absolute Gasteiger partial charge is 0.348 e. The first-order chi connectivity index (χ1) is 16.5. The van der Waals surface area contributed by atoms with Crippen LogP contribution in [0.25, 0.3) is 0 Å². The van der Waals surface area contributed by atoms with Crippen LogP contribution < -0.4 is 22.3 Å². The van der Waals surface area contributed by atoms with Crippen molar-refractivity contribution >= 4 is 29.0 Å². The minimum absolute atomic E-state index is 0. The number of nitrogens with one attached hydrogen (secondary N) is 1. The van der Waals surface area contributed by atoms with E-state index in [4.69, 9.17) is 4.74 Å². The molecular formula is C25H27BrN4O4S. The molecule has 0 spiro atoms. The number of amides is 1. The Morgan fingerprint density at radius 2 is 1.91 bits per heavy atom. The molecule has 1 aromatic carbocycles. The van der Waals surface area contributed by atoms with Gasteiger partial charge in [-0.2, -0.15) is 11.3 Å². The van der Waals surface area contributed by atoms with Gasteiger partial charge in [-0.15, -0.1) is 0 Å². The highest BCUT2D eigenvalue weighted by Gasteiger charge is 2.51. The molecule has 6 rings (SSSR count). The Bertz CT molecular complexity index is 1140. The molecule has 0 aliphatic carbocycles. The molecular weight excluding hydrogens is 532 g/mol. The van der Waals surface area contributed by atoms with Crippen LogP contribution in [0.15, 0.2) is 65.7 Å². The van der Waals surface area contributed by atoms with Gasteiger partial charge in [-0.05, 0) is 22.4 Å². The van der Waals surface area contributed by atoms with Crippen LogP contribution >= 0.6 is 11.3 Å². The molecule has 184 valence electrons. The number of esters is 1. The quantitative estimate of drug-likeness (QED) is 0.301. The lowest BCUT2D eigenvalue weighted by Gasteiger charge is -2.51. The average molecular weight is 559 g/mol. The summed E-state index contributed by atoms with van der Waals surface area (Å²) in [6.07, 6.45) is 5.99. The van der Waals surface area contributed by atoms with Crippen molar-refractivity contribution in [3.63, 3.8) is 0 Å². The molecule has 2 atom stereocenters. The topological polar surface area (TPSA) is 101 Å². The number of quaternary nitrogens is 1. The Morgan fingerprint density at radius 3 is 2.57 bits per heavy atom. The number of aromatic nitrogens is 2. The number of carbonyl (C=O) groups is 2. The number of hydrogen-bond donors (Lipinski definition) is 2. The number of anilines is 1. The van der Waals surface area contributed by atoms with Crippen molar-refractivity contribution in [3.8, 4) is 0 Å². The molecule has 3 aliphatic heterocycles. The molecule has 0 saturated carbocycles. The Kier molecular flexibility index (Phi) is 7.65. The minimum Gasteiger partial charge on any atom is -1.00 e. The van der Waals surface area contributed by atoms with Crippen molar-refractivity contribution in [2.45, 2.75) is 24.5 Å². The Balaban J connectivity index is 0.00000289. The second kappa shape index (κ2) is 10.5. The van der Waals surface area contributed by atoms with Crippen LogP contribution in [0.4, 0.5) is 5.82 Å². The molecule has 35 heavy (non-hydrogen) atoms. The molecule has 2 N–H and O–H groups in total. The number of ether oxygens (including phenoxy) is 1. The number of fused-ring (bicyclic) bond motifs is 3. The molecule has 3 saturated heterocycles. The normalized spacial score (nSPS) is 24.6. The second-order valence-electron chi connectivity index (χ2n) is 9.14. The summed E-state index contributed by atoms with van der Waals surface area (Å²) < 4.78 is 6.60. The third-order valence-electron chi connectivity index (χ3n) is 7.04. The van der Waals surface area contributed by atoms with Gasteiger partial charge in [0.15, 0.2) is 18.5 Å². The zero-order valence-corrected chi connectivity index (χ0v) is 21.5. The summed E-state index contributed by atoms with van der Waals surface area (Å²) in [7, 11) is 0. The predicted molar refractivity (Wildman–Crippen MR) is 127 cm³/mol. The number of piperidine rings is 3. The van der Waals surface area contributed by atoms with E-state index < -0.39 is 11.6 Å². The van der Waals surface area contributed by atoms with E-state index in [0.717, 1.165) is 25.9 Å². The summed E-state index contributed by atoms with van der Waals surface area (Å²) in [5.74, 6) is -0.151. The van der Waals surface area contributed by atoms with Crippen molar-refractivity contribution in [1.29, 1.82) is 0 Å². The lowest BCUT2D eigenvalue weighted by Crippen LogP contribution is -3.00. The summed E-state index contributed by atoms with van der Waals surface area (Å²) in [6, 6.07) is 10.7. The van der Waals surface area contributed by atoms with E-state index in [1.54, 1.807) is 41.9 Å². The van der Waals surface area contributed by atoms with Gasteiger partial charge in [-0.25, -0.2) is 9.78 Å². The van der Waals surface area contributed by atoms with Crippen molar-refractivity contribution in [3.05, 3.63) is 76.9 Å². The van der Waals surface area contributed by atoms with E-state index in [-0.39, 0.29) is 41.5 Å². The third-order valence-corrected chi connectivity index (χ3v) is 7.72. The monoisotopic (exact) mass is 558 g/mol. The van der Waals surface area contributed by atoms with Gasteiger partial charge in [0.2, 0.25) is 5.60 Å². The molecule has 1 unspecified atom stereocenters. The number of halogens is 1. The maximum Gasteiger partial charge on any atom is 0.348 e. The first-order valence-corrected chi connectivity index (χ1v) is 12.4. The van der Waals surface area contributed by atoms with Crippen LogP contribution in [0.2, 0.25) is 0 Å². The predicted octanol–water partition coefficient (Wildman–Crippen LogP) is -0.431. The number of rotatable bonds is 7. The lowest BCUT2D eigenvalue weighted by molar-refractivity contribution is -0.939. The highest BCUT2D eigenvalue weighted by Crippen LogP contribution is 2.38. The maximum atomic E-state index is 13.5. The van der Waals surface area contributed by atoms with Gasteiger partial charge >= 0.3 is 5.97 Å². The molecule has 10 heteroatoms. The van der Waals surface area contributed by atoms with Gasteiger partial charge < -0.3 is 36.6 Å². The number of benzene rings is 1. The van der Waals surface area contributed by atoms with Crippen molar-refractivity contribution in [1.82, 2.24) is 9.97 Å². The second-order valence-corrected chi connectivity index (χ2v) is 9.92. The molecule has 1 amide bonds. The van der Waals surface area contributed by atoms with E-state index in [0.29, 0.717) is 28.0 Å². The Morgan fingerprint density at radius 1 is 1.14 bits per heavy atom.